The highest BCUT2D eigenvalue weighted by atomic mass is 16.8. The van der Waals surface area contributed by atoms with Crippen LogP contribution in [-0.2, 0) is 9.57 Å². The van der Waals surface area contributed by atoms with Crippen molar-refractivity contribution in [2.24, 2.45) is 11.3 Å². The van der Waals surface area contributed by atoms with Gasteiger partial charge in [-0.3, -0.25) is 5.32 Å². The Kier molecular flexibility index (Phi) is 4.32. The largest absolute Gasteiger partial charge is 0.334 e. The van der Waals surface area contributed by atoms with Gasteiger partial charge in [-0.05, 0) is 32.3 Å². The van der Waals surface area contributed by atoms with Gasteiger partial charge >= 0.3 is 0 Å². The number of ether oxygens (including phenoxy) is 1. The third-order valence-electron chi connectivity index (χ3n) is 5.42. The number of rotatable bonds is 2. The zero-order valence-electron chi connectivity index (χ0n) is 16.1. The van der Waals surface area contributed by atoms with E-state index in [1.54, 1.807) is 0 Å². The molecule has 4 nitrogen and oxygen atoms in total. The minimum absolute atomic E-state index is 0.108. The molecule has 4 heteroatoms. The SMILES string of the molecule is CC(C)[C@H]1COC2(N1)ON(C(C)(C)C)[C@@H](c1ccccc1)C2(C)C. The van der Waals surface area contributed by atoms with Gasteiger partial charge in [0.05, 0.1) is 18.1 Å². The Morgan fingerprint density at radius 3 is 2.29 bits per heavy atom. The van der Waals surface area contributed by atoms with Crippen LogP contribution in [0.3, 0.4) is 0 Å². The summed E-state index contributed by atoms with van der Waals surface area (Å²) in [5.74, 6) is -0.280. The molecule has 1 aromatic carbocycles. The fourth-order valence-corrected chi connectivity index (χ4v) is 3.81. The Hall–Kier alpha value is -0.940. The number of hydrogen-bond donors (Lipinski definition) is 1. The second-order valence-corrected chi connectivity index (χ2v) is 9.05. The average Bonchev–Trinajstić information content (AvgIpc) is 3.01. The van der Waals surface area contributed by atoms with E-state index in [-0.39, 0.29) is 17.0 Å². The van der Waals surface area contributed by atoms with E-state index < -0.39 is 5.91 Å². The van der Waals surface area contributed by atoms with Gasteiger partial charge < -0.3 is 4.74 Å². The number of nitrogens with zero attached hydrogens (tertiary/aromatic N) is 1. The summed E-state index contributed by atoms with van der Waals surface area (Å²) in [4.78, 5) is 6.54. The molecule has 2 aliphatic rings. The average molecular weight is 332 g/mol. The Morgan fingerprint density at radius 1 is 1.17 bits per heavy atom. The molecule has 0 aliphatic carbocycles. The van der Waals surface area contributed by atoms with E-state index in [0.717, 1.165) is 0 Å². The maximum absolute atomic E-state index is 6.54. The number of benzene rings is 1. The topological polar surface area (TPSA) is 33.7 Å². The molecule has 134 valence electrons. The molecule has 3 atom stereocenters. The molecule has 1 aromatic rings. The van der Waals surface area contributed by atoms with Crippen molar-refractivity contribution in [2.75, 3.05) is 6.61 Å². The quantitative estimate of drug-likeness (QED) is 0.884. The zero-order chi connectivity index (χ0) is 17.8. The summed E-state index contributed by atoms with van der Waals surface area (Å²) >= 11 is 0. The summed E-state index contributed by atoms with van der Waals surface area (Å²) in [6.07, 6.45) is 0. The first-order valence-corrected chi connectivity index (χ1v) is 9.03. The van der Waals surface area contributed by atoms with Crippen LogP contribution in [0.15, 0.2) is 30.3 Å². The summed E-state index contributed by atoms with van der Waals surface area (Å²) in [5, 5.41) is 5.79. The molecule has 0 saturated carbocycles. The third kappa shape index (κ3) is 2.70. The van der Waals surface area contributed by atoms with Gasteiger partial charge in [-0.25, -0.2) is 4.84 Å². The van der Waals surface area contributed by atoms with Crippen LogP contribution >= 0.6 is 0 Å². The molecule has 1 unspecified atom stereocenters. The molecular formula is C20H32N2O2. The Balaban J connectivity index is 2.04. The summed E-state index contributed by atoms with van der Waals surface area (Å²) < 4.78 is 6.29. The first-order valence-electron chi connectivity index (χ1n) is 9.03. The molecule has 0 bridgehead atoms. The van der Waals surface area contributed by atoms with Gasteiger partial charge in [0.1, 0.15) is 0 Å². The molecular weight excluding hydrogens is 300 g/mol. The van der Waals surface area contributed by atoms with E-state index in [1.165, 1.54) is 5.56 Å². The number of hydroxylamine groups is 2. The first-order chi connectivity index (χ1) is 11.1. The lowest BCUT2D eigenvalue weighted by atomic mass is 9.77. The van der Waals surface area contributed by atoms with Gasteiger partial charge in [-0.2, -0.15) is 5.06 Å². The van der Waals surface area contributed by atoms with Crippen molar-refractivity contribution in [1.82, 2.24) is 10.4 Å². The van der Waals surface area contributed by atoms with E-state index in [4.69, 9.17) is 9.57 Å². The van der Waals surface area contributed by atoms with Crippen molar-refractivity contribution >= 4 is 0 Å². The lowest BCUT2D eigenvalue weighted by Gasteiger charge is -2.38. The molecule has 24 heavy (non-hydrogen) atoms. The van der Waals surface area contributed by atoms with Crippen LogP contribution in [0.2, 0.25) is 0 Å². The third-order valence-corrected chi connectivity index (χ3v) is 5.42. The minimum atomic E-state index is -0.782. The van der Waals surface area contributed by atoms with Crippen LogP contribution in [-0.4, -0.2) is 29.2 Å². The fourth-order valence-electron chi connectivity index (χ4n) is 3.81. The van der Waals surface area contributed by atoms with Crippen LogP contribution in [0.1, 0.15) is 60.1 Å². The van der Waals surface area contributed by atoms with Crippen molar-refractivity contribution in [3.05, 3.63) is 35.9 Å². The summed E-state index contributed by atoms with van der Waals surface area (Å²) in [7, 11) is 0. The fraction of sp³-hybridized carbons (Fsp3) is 0.700. The standard InChI is InChI=1S/C20H32N2O2/c1-14(2)16-13-23-20(21-16)19(6,7)17(15-11-9-8-10-12-15)22(24-20)18(3,4)5/h8-12,14,16-17,21H,13H2,1-7H3/t16-,17+,20?/m1/s1. The summed E-state index contributed by atoms with van der Waals surface area (Å²) in [6.45, 7) is 16.2. The molecule has 0 radical (unpaired) electrons. The number of nitrogens with one attached hydrogen (secondary N) is 1. The molecule has 1 N–H and O–H groups in total. The summed E-state index contributed by atoms with van der Waals surface area (Å²) in [5.41, 5.74) is 0.876. The second kappa shape index (κ2) is 5.80. The monoisotopic (exact) mass is 332 g/mol. The zero-order valence-corrected chi connectivity index (χ0v) is 16.1. The molecule has 0 aromatic heterocycles. The molecule has 2 heterocycles. The lowest BCUT2D eigenvalue weighted by molar-refractivity contribution is -0.334. The van der Waals surface area contributed by atoms with Crippen LogP contribution in [0.25, 0.3) is 0 Å². The molecule has 3 rings (SSSR count). The van der Waals surface area contributed by atoms with Crippen LogP contribution < -0.4 is 5.32 Å². The Labute approximate surface area is 146 Å². The maximum atomic E-state index is 6.54. The summed E-state index contributed by atoms with van der Waals surface area (Å²) in [6, 6.07) is 11.0. The van der Waals surface area contributed by atoms with E-state index in [2.05, 4.69) is 89.2 Å². The smallest absolute Gasteiger partial charge is 0.253 e. The second-order valence-electron chi connectivity index (χ2n) is 9.05. The van der Waals surface area contributed by atoms with Gasteiger partial charge in [0, 0.05) is 11.6 Å². The van der Waals surface area contributed by atoms with Gasteiger partial charge in [-0.15, -0.1) is 0 Å². The van der Waals surface area contributed by atoms with Gasteiger partial charge in [0.15, 0.2) is 0 Å². The van der Waals surface area contributed by atoms with Crippen LogP contribution in [0, 0.1) is 11.3 Å². The maximum Gasteiger partial charge on any atom is 0.253 e. The Morgan fingerprint density at radius 2 is 1.79 bits per heavy atom. The molecule has 2 saturated heterocycles. The molecule has 0 amide bonds. The minimum Gasteiger partial charge on any atom is -0.334 e. The highest BCUT2D eigenvalue weighted by molar-refractivity contribution is 5.24. The van der Waals surface area contributed by atoms with E-state index in [9.17, 15) is 0 Å². The van der Waals surface area contributed by atoms with Gasteiger partial charge in [0.25, 0.3) is 5.91 Å². The van der Waals surface area contributed by atoms with Crippen molar-refractivity contribution in [3.8, 4) is 0 Å². The van der Waals surface area contributed by atoms with Crippen LogP contribution in [0.4, 0.5) is 0 Å². The molecule has 2 fully saturated rings. The van der Waals surface area contributed by atoms with E-state index in [0.29, 0.717) is 18.6 Å². The van der Waals surface area contributed by atoms with Gasteiger partial charge in [0.2, 0.25) is 0 Å². The first kappa shape index (κ1) is 17.9. The van der Waals surface area contributed by atoms with Crippen molar-refractivity contribution in [1.29, 1.82) is 0 Å². The van der Waals surface area contributed by atoms with Crippen molar-refractivity contribution in [2.45, 2.75) is 72.0 Å². The highest BCUT2D eigenvalue weighted by Crippen LogP contribution is 2.57. The van der Waals surface area contributed by atoms with E-state index >= 15 is 0 Å². The Bertz CT molecular complexity index is 579. The van der Waals surface area contributed by atoms with Gasteiger partial charge in [-0.1, -0.05) is 58.0 Å². The van der Waals surface area contributed by atoms with Crippen molar-refractivity contribution in [3.63, 3.8) is 0 Å². The molecule has 2 aliphatic heterocycles. The van der Waals surface area contributed by atoms with Crippen LogP contribution in [0.5, 0.6) is 0 Å². The van der Waals surface area contributed by atoms with Crippen molar-refractivity contribution < 1.29 is 9.57 Å². The highest BCUT2D eigenvalue weighted by Gasteiger charge is 2.66. The normalized spacial score (nSPS) is 33.7. The van der Waals surface area contributed by atoms with E-state index in [1.807, 2.05) is 0 Å². The predicted octanol–water partition coefficient (Wildman–Crippen LogP) is 4.10. The lowest BCUT2D eigenvalue weighted by Crippen LogP contribution is -2.55. The predicted molar refractivity (Wildman–Crippen MR) is 96.1 cm³/mol. The molecule has 1 spiro atoms. The number of hydrogen-bond acceptors (Lipinski definition) is 4.